The molecule has 2 heterocycles. The van der Waals surface area contributed by atoms with Gasteiger partial charge in [-0.2, -0.15) is 0 Å². The van der Waals surface area contributed by atoms with Crippen LogP contribution < -0.4 is 5.73 Å². The van der Waals surface area contributed by atoms with Gasteiger partial charge < -0.3 is 5.73 Å². The molecule has 2 N–H and O–H groups in total. The number of carbonyl (C=O) groups excluding carboxylic acids is 1. The maximum Gasteiger partial charge on any atom is 0.197 e. The summed E-state index contributed by atoms with van der Waals surface area (Å²) in [7, 11) is 0. The number of ketones is 1. The van der Waals surface area contributed by atoms with Crippen molar-refractivity contribution in [2.45, 2.75) is 13.5 Å². The fraction of sp³-hybridized carbons (Fsp3) is 0.133. The van der Waals surface area contributed by atoms with E-state index in [1.54, 1.807) is 34.9 Å². The molecule has 1 aromatic carbocycles. The van der Waals surface area contributed by atoms with Gasteiger partial charge in [0.25, 0.3) is 0 Å². The quantitative estimate of drug-likeness (QED) is 0.664. The molecule has 8 heteroatoms. The van der Waals surface area contributed by atoms with Crippen LogP contribution in [0.2, 0.25) is 5.02 Å². The Bertz CT molecular complexity index is 889. The monoisotopic (exact) mass is 410 g/mol. The van der Waals surface area contributed by atoms with Crippen molar-refractivity contribution in [3.05, 3.63) is 61.9 Å². The summed E-state index contributed by atoms with van der Waals surface area (Å²) in [6, 6.07) is 8.77. The summed E-state index contributed by atoms with van der Waals surface area (Å²) in [5, 5.41) is 9.25. The smallest absolute Gasteiger partial charge is 0.197 e. The number of aromatic nitrogens is 3. The number of hydrogen-bond acceptors (Lipinski definition) is 5. The molecule has 0 aliphatic heterocycles. The average Bonchev–Trinajstić information content (AvgIpc) is 3.09. The van der Waals surface area contributed by atoms with E-state index in [1.807, 2.05) is 6.92 Å². The van der Waals surface area contributed by atoms with E-state index >= 15 is 0 Å². The van der Waals surface area contributed by atoms with E-state index in [0.717, 1.165) is 8.79 Å². The molecule has 0 radical (unpaired) electrons. The highest BCUT2D eigenvalue weighted by Gasteiger charge is 2.23. The van der Waals surface area contributed by atoms with Crippen LogP contribution in [0.15, 0.2) is 34.1 Å². The number of carbonyl (C=O) groups is 1. The maximum atomic E-state index is 12.9. The topological polar surface area (TPSA) is 73.8 Å². The van der Waals surface area contributed by atoms with Gasteiger partial charge in [0.2, 0.25) is 0 Å². The van der Waals surface area contributed by atoms with Crippen LogP contribution in [0, 0.1) is 6.92 Å². The molecule has 0 aliphatic carbocycles. The first-order chi connectivity index (χ1) is 11.0. The van der Waals surface area contributed by atoms with Crippen LogP contribution in [-0.4, -0.2) is 20.5 Å². The molecule has 0 aliphatic rings. The Labute approximate surface area is 150 Å². The van der Waals surface area contributed by atoms with Gasteiger partial charge in [0.1, 0.15) is 10.8 Å². The standard InChI is InChI=1S/C15H12BrClN4OS/c1-8-19-20-13(7-18)21(8)15-10(6-12(16)23-15)14(22)9-4-2-3-5-11(9)17/h2-6H,7,18H2,1H3. The number of benzene rings is 1. The summed E-state index contributed by atoms with van der Waals surface area (Å²) in [6.07, 6.45) is 0. The van der Waals surface area contributed by atoms with Crippen molar-refractivity contribution in [2.24, 2.45) is 5.73 Å². The fourth-order valence-corrected chi connectivity index (χ4v) is 4.14. The third kappa shape index (κ3) is 2.97. The second-order valence-corrected chi connectivity index (χ2v) is 7.60. The number of aryl methyl sites for hydroxylation is 1. The van der Waals surface area contributed by atoms with Crippen molar-refractivity contribution in [3.63, 3.8) is 0 Å². The molecule has 0 bridgehead atoms. The van der Waals surface area contributed by atoms with Gasteiger partial charge in [-0.25, -0.2) is 0 Å². The van der Waals surface area contributed by atoms with Crippen LogP contribution in [-0.2, 0) is 6.54 Å². The highest BCUT2D eigenvalue weighted by atomic mass is 79.9. The van der Waals surface area contributed by atoms with Crippen LogP contribution in [0.4, 0.5) is 0 Å². The number of rotatable bonds is 4. The Morgan fingerprint density at radius 1 is 1.35 bits per heavy atom. The zero-order valence-electron chi connectivity index (χ0n) is 12.1. The third-order valence-electron chi connectivity index (χ3n) is 3.32. The van der Waals surface area contributed by atoms with Gasteiger partial charge >= 0.3 is 0 Å². The summed E-state index contributed by atoms with van der Waals surface area (Å²) in [5.74, 6) is 1.13. The van der Waals surface area contributed by atoms with Gasteiger partial charge in [0, 0.05) is 5.56 Å². The van der Waals surface area contributed by atoms with Gasteiger partial charge in [-0.3, -0.25) is 9.36 Å². The molecular weight excluding hydrogens is 400 g/mol. The van der Waals surface area contributed by atoms with Gasteiger partial charge in [0.05, 0.1) is 20.9 Å². The molecule has 3 aromatic rings. The molecule has 0 spiro atoms. The van der Waals surface area contributed by atoms with Gasteiger partial charge in [-0.05, 0) is 41.1 Å². The van der Waals surface area contributed by atoms with Gasteiger partial charge in [-0.15, -0.1) is 21.5 Å². The van der Waals surface area contributed by atoms with Crippen LogP contribution in [0.1, 0.15) is 27.6 Å². The van der Waals surface area contributed by atoms with Crippen molar-refractivity contribution < 1.29 is 4.79 Å². The Kier molecular flexibility index (Phi) is 4.63. The molecule has 0 saturated heterocycles. The normalized spacial score (nSPS) is 11.0. The molecule has 118 valence electrons. The van der Waals surface area contributed by atoms with E-state index < -0.39 is 0 Å². The lowest BCUT2D eigenvalue weighted by molar-refractivity contribution is 0.103. The Balaban J connectivity index is 2.17. The summed E-state index contributed by atoms with van der Waals surface area (Å²) in [5.41, 5.74) is 6.73. The van der Waals surface area contributed by atoms with Crippen molar-refractivity contribution in [1.82, 2.24) is 14.8 Å². The second kappa shape index (κ2) is 6.52. The van der Waals surface area contributed by atoms with E-state index in [2.05, 4.69) is 26.1 Å². The van der Waals surface area contributed by atoms with E-state index in [1.165, 1.54) is 11.3 Å². The number of halogens is 2. The van der Waals surface area contributed by atoms with Crippen LogP contribution in [0.25, 0.3) is 5.00 Å². The largest absolute Gasteiger partial charge is 0.324 e. The average molecular weight is 412 g/mol. The van der Waals surface area contributed by atoms with Gasteiger partial charge in [0.15, 0.2) is 11.6 Å². The first kappa shape index (κ1) is 16.3. The Morgan fingerprint density at radius 3 is 2.78 bits per heavy atom. The third-order valence-corrected chi connectivity index (χ3v) is 5.28. The maximum absolute atomic E-state index is 12.9. The zero-order valence-corrected chi connectivity index (χ0v) is 15.2. The molecule has 5 nitrogen and oxygen atoms in total. The molecule has 2 aromatic heterocycles. The minimum atomic E-state index is -0.149. The Morgan fingerprint density at radius 2 is 2.09 bits per heavy atom. The van der Waals surface area contributed by atoms with E-state index in [-0.39, 0.29) is 12.3 Å². The molecule has 0 saturated carbocycles. The van der Waals surface area contributed by atoms with Crippen LogP contribution in [0.3, 0.4) is 0 Å². The lowest BCUT2D eigenvalue weighted by Crippen LogP contribution is -2.11. The summed E-state index contributed by atoms with van der Waals surface area (Å²) in [6.45, 7) is 2.06. The lowest BCUT2D eigenvalue weighted by atomic mass is 10.1. The summed E-state index contributed by atoms with van der Waals surface area (Å²) < 4.78 is 2.64. The summed E-state index contributed by atoms with van der Waals surface area (Å²) in [4.78, 5) is 12.9. The molecular formula is C15H12BrClN4OS. The highest BCUT2D eigenvalue weighted by molar-refractivity contribution is 9.11. The van der Waals surface area contributed by atoms with Crippen molar-refractivity contribution in [1.29, 1.82) is 0 Å². The molecule has 0 amide bonds. The molecule has 0 unspecified atom stereocenters. The number of hydrogen-bond donors (Lipinski definition) is 1. The van der Waals surface area contributed by atoms with E-state index in [9.17, 15) is 4.79 Å². The Hall–Kier alpha value is -1.54. The molecule has 3 rings (SSSR count). The predicted octanol–water partition coefficient (Wildman–Crippen LogP) is 3.74. The predicted molar refractivity (Wildman–Crippen MR) is 94.4 cm³/mol. The lowest BCUT2D eigenvalue weighted by Gasteiger charge is -2.08. The van der Waals surface area contributed by atoms with Crippen molar-refractivity contribution in [2.75, 3.05) is 0 Å². The fourth-order valence-electron chi connectivity index (χ4n) is 2.27. The number of nitrogens with zero attached hydrogens (tertiary/aromatic N) is 3. The van der Waals surface area contributed by atoms with Crippen molar-refractivity contribution in [3.8, 4) is 5.00 Å². The van der Waals surface area contributed by atoms with Crippen molar-refractivity contribution >= 4 is 44.7 Å². The highest BCUT2D eigenvalue weighted by Crippen LogP contribution is 2.34. The SMILES string of the molecule is Cc1nnc(CN)n1-c1sc(Br)cc1C(=O)c1ccccc1Cl. The van der Waals surface area contributed by atoms with E-state index in [0.29, 0.717) is 27.8 Å². The molecule has 23 heavy (non-hydrogen) atoms. The molecule has 0 atom stereocenters. The first-order valence-electron chi connectivity index (χ1n) is 6.72. The number of nitrogens with two attached hydrogens (primary N) is 1. The second-order valence-electron chi connectivity index (χ2n) is 4.78. The number of thiophene rings is 1. The zero-order chi connectivity index (χ0) is 16.6. The summed E-state index contributed by atoms with van der Waals surface area (Å²) >= 11 is 11.0. The van der Waals surface area contributed by atoms with Gasteiger partial charge in [-0.1, -0.05) is 23.7 Å². The first-order valence-corrected chi connectivity index (χ1v) is 8.71. The molecule has 0 fully saturated rings. The minimum Gasteiger partial charge on any atom is -0.324 e. The van der Waals surface area contributed by atoms with Crippen LogP contribution >= 0.6 is 38.9 Å². The minimum absolute atomic E-state index is 0.149. The van der Waals surface area contributed by atoms with Crippen LogP contribution in [0.5, 0.6) is 0 Å². The van der Waals surface area contributed by atoms with E-state index in [4.69, 9.17) is 17.3 Å².